The van der Waals surface area contributed by atoms with Crippen LogP contribution in [-0.4, -0.2) is 18.6 Å². The maximum absolute atomic E-state index is 12.2. The third kappa shape index (κ3) is 5.32. The molecule has 0 saturated heterocycles. The van der Waals surface area contributed by atoms with Crippen LogP contribution in [0.1, 0.15) is 31.1 Å². The highest BCUT2D eigenvalue weighted by Gasteiger charge is 2.18. The van der Waals surface area contributed by atoms with E-state index in [0.717, 1.165) is 24.2 Å². The highest BCUT2D eigenvalue weighted by molar-refractivity contribution is 6.31. The monoisotopic (exact) mass is 335 g/mol. The number of carbonyl (C=O) groups is 1. The summed E-state index contributed by atoms with van der Waals surface area (Å²) < 4.78 is 11.0. The first-order chi connectivity index (χ1) is 11.1. The second kappa shape index (κ2) is 8.63. The van der Waals surface area contributed by atoms with Gasteiger partial charge in [0.05, 0.1) is 6.26 Å². The fraction of sp³-hybridized carbons (Fsp3) is 0.389. The lowest BCUT2D eigenvalue weighted by atomic mass is 10.2. The molecule has 0 aliphatic heterocycles. The SMILES string of the molecule is CCC(Oc1ccc(Cl)c(C)c1)C(=O)NCCCc1ccco1. The van der Waals surface area contributed by atoms with Crippen molar-refractivity contribution in [1.29, 1.82) is 0 Å². The Bertz CT molecular complexity index is 625. The predicted octanol–water partition coefficient (Wildman–Crippen LogP) is 4.15. The lowest BCUT2D eigenvalue weighted by molar-refractivity contribution is -0.128. The number of ether oxygens (including phenoxy) is 1. The largest absolute Gasteiger partial charge is 0.481 e. The average molecular weight is 336 g/mol. The Balaban J connectivity index is 1.79. The van der Waals surface area contributed by atoms with Crippen molar-refractivity contribution in [3.05, 3.63) is 52.9 Å². The van der Waals surface area contributed by atoms with Gasteiger partial charge in [-0.15, -0.1) is 0 Å². The lowest BCUT2D eigenvalue weighted by Gasteiger charge is -2.17. The van der Waals surface area contributed by atoms with E-state index in [1.165, 1.54) is 0 Å². The van der Waals surface area contributed by atoms with Crippen LogP contribution in [-0.2, 0) is 11.2 Å². The number of hydrogen-bond donors (Lipinski definition) is 1. The van der Waals surface area contributed by atoms with Gasteiger partial charge in [0, 0.05) is 18.0 Å². The van der Waals surface area contributed by atoms with Gasteiger partial charge in [0.25, 0.3) is 5.91 Å². The lowest BCUT2D eigenvalue weighted by Crippen LogP contribution is -2.38. The number of hydrogen-bond acceptors (Lipinski definition) is 3. The van der Waals surface area contributed by atoms with Gasteiger partial charge in [-0.2, -0.15) is 0 Å². The highest BCUT2D eigenvalue weighted by Crippen LogP contribution is 2.22. The van der Waals surface area contributed by atoms with Crippen molar-refractivity contribution in [1.82, 2.24) is 5.32 Å². The van der Waals surface area contributed by atoms with Crippen molar-refractivity contribution >= 4 is 17.5 Å². The quantitative estimate of drug-likeness (QED) is 0.737. The van der Waals surface area contributed by atoms with Crippen molar-refractivity contribution in [2.75, 3.05) is 6.54 Å². The average Bonchev–Trinajstić information content (AvgIpc) is 3.05. The Morgan fingerprint density at radius 1 is 1.39 bits per heavy atom. The zero-order valence-corrected chi connectivity index (χ0v) is 14.2. The molecule has 23 heavy (non-hydrogen) atoms. The number of nitrogens with one attached hydrogen (secondary N) is 1. The summed E-state index contributed by atoms with van der Waals surface area (Å²) in [5.74, 6) is 1.49. The van der Waals surface area contributed by atoms with Crippen LogP contribution in [0.25, 0.3) is 0 Å². The van der Waals surface area contributed by atoms with Gasteiger partial charge < -0.3 is 14.5 Å². The normalized spacial score (nSPS) is 12.0. The number of halogens is 1. The van der Waals surface area contributed by atoms with Crippen LogP contribution in [0.15, 0.2) is 41.0 Å². The van der Waals surface area contributed by atoms with E-state index < -0.39 is 6.10 Å². The van der Waals surface area contributed by atoms with E-state index in [0.29, 0.717) is 23.7 Å². The zero-order valence-electron chi connectivity index (χ0n) is 13.5. The molecule has 0 spiro atoms. The molecule has 0 radical (unpaired) electrons. The molecule has 4 nitrogen and oxygen atoms in total. The van der Waals surface area contributed by atoms with Crippen molar-refractivity contribution in [2.24, 2.45) is 0 Å². The molecular formula is C18H22ClNO3. The van der Waals surface area contributed by atoms with E-state index in [2.05, 4.69) is 5.32 Å². The van der Waals surface area contributed by atoms with Gasteiger partial charge in [-0.05, 0) is 55.7 Å². The molecule has 124 valence electrons. The Labute approximate surface area is 141 Å². The summed E-state index contributed by atoms with van der Waals surface area (Å²) in [5, 5.41) is 3.60. The third-order valence-electron chi connectivity index (χ3n) is 3.55. The third-order valence-corrected chi connectivity index (χ3v) is 3.97. The molecule has 1 aromatic carbocycles. The van der Waals surface area contributed by atoms with E-state index in [-0.39, 0.29) is 5.91 Å². The summed E-state index contributed by atoms with van der Waals surface area (Å²) in [7, 11) is 0. The minimum atomic E-state index is -0.501. The summed E-state index contributed by atoms with van der Waals surface area (Å²) in [5.41, 5.74) is 0.929. The van der Waals surface area contributed by atoms with Crippen molar-refractivity contribution in [3.63, 3.8) is 0 Å². The summed E-state index contributed by atoms with van der Waals surface area (Å²) >= 11 is 6.00. The first kappa shape index (κ1) is 17.4. The first-order valence-corrected chi connectivity index (χ1v) is 8.21. The second-order valence-corrected chi connectivity index (χ2v) is 5.81. The molecule has 0 saturated carbocycles. The van der Waals surface area contributed by atoms with Gasteiger partial charge in [-0.25, -0.2) is 0 Å². The Morgan fingerprint density at radius 3 is 2.87 bits per heavy atom. The van der Waals surface area contributed by atoms with E-state index in [1.807, 2.05) is 32.0 Å². The van der Waals surface area contributed by atoms with E-state index in [4.69, 9.17) is 20.8 Å². The van der Waals surface area contributed by atoms with Crippen LogP contribution < -0.4 is 10.1 Å². The Kier molecular flexibility index (Phi) is 6.53. The molecule has 2 rings (SSSR count). The standard InChI is InChI=1S/C18H22ClNO3/c1-3-17(23-15-8-9-16(19)13(2)12-15)18(21)20-10-4-6-14-7-5-11-22-14/h5,7-9,11-12,17H,3-4,6,10H2,1-2H3,(H,20,21). The van der Waals surface area contributed by atoms with E-state index in [9.17, 15) is 4.79 Å². The molecule has 1 unspecified atom stereocenters. The molecular weight excluding hydrogens is 314 g/mol. The Morgan fingerprint density at radius 2 is 2.22 bits per heavy atom. The summed E-state index contributed by atoms with van der Waals surface area (Å²) in [6.07, 6.45) is 3.39. The first-order valence-electron chi connectivity index (χ1n) is 7.83. The molecule has 0 aliphatic carbocycles. The fourth-order valence-corrected chi connectivity index (χ4v) is 2.34. The van der Waals surface area contributed by atoms with E-state index in [1.54, 1.807) is 18.4 Å². The topological polar surface area (TPSA) is 51.5 Å². The highest BCUT2D eigenvalue weighted by atomic mass is 35.5. The molecule has 0 fully saturated rings. The van der Waals surface area contributed by atoms with Gasteiger partial charge in [-0.3, -0.25) is 4.79 Å². The smallest absolute Gasteiger partial charge is 0.261 e. The summed E-state index contributed by atoms with van der Waals surface area (Å²) in [6.45, 7) is 4.43. The van der Waals surface area contributed by atoms with Gasteiger partial charge in [0.2, 0.25) is 0 Å². The van der Waals surface area contributed by atoms with E-state index >= 15 is 0 Å². The number of benzene rings is 1. The molecule has 0 aliphatic rings. The van der Waals surface area contributed by atoms with Crippen LogP contribution in [0, 0.1) is 6.92 Å². The molecule has 1 N–H and O–H groups in total. The predicted molar refractivity (Wildman–Crippen MR) is 90.9 cm³/mol. The van der Waals surface area contributed by atoms with Gasteiger partial charge in [0.15, 0.2) is 6.10 Å². The molecule has 1 atom stereocenters. The van der Waals surface area contributed by atoms with Crippen molar-refractivity contribution in [2.45, 2.75) is 39.2 Å². The van der Waals surface area contributed by atoms with Crippen LogP contribution in [0.2, 0.25) is 5.02 Å². The fourth-order valence-electron chi connectivity index (χ4n) is 2.22. The number of carbonyl (C=O) groups excluding carboxylic acids is 1. The van der Waals surface area contributed by atoms with Crippen LogP contribution in [0.4, 0.5) is 0 Å². The van der Waals surface area contributed by atoms with Gasteiger partial charge in [0.1, 0.15) is 11.5 Å². The van der Waals surface area contributed by atoms with Crippen molar-refractivity contribution < 1.29 is 13.9 Å². The number of aryl methyl sites for hydroxylation is 2. The van der Waals surface area contributed by atoms with Crippen LogP contribution in [0.5, 0.6) is 5.75 Å². The number of furan rings is 1. The zero-order chi connectivity index (χ0) is 16.7. The summed E-state index contributed by atoms with van der Waals surface area (Å²) in [6, 6.07) is 9.20. The second-order valence-electron chi connectivity index (χ2n) is 5.40. The molecule has 2 aromatic rings. The number of amides is 1. The minimum Gasteiger partial charge on any atom is -0.481 e. The van der Waals surface area contributed by atoms with Gasteiger partial charge >= 0.3 is 0 Å². The molecule has 5 heteroatoms. The Hall–Kier alpha value is -1.94. The minimum absolute atomic E-state index is 0.0976. The maximum atomic E-state index is 12.2. The molecule has 1 amide bonds. The number of rotatable bonds is 8. The summed E-state index contributed by atoms with van der Waals surface area (Å²) in [4.78, 5) is 12.2. The maximum Gasteiger partial charge on any atom is 0.261 e. The van der Waals surface area contributed by atoms with Crippen LogP contribution >= 0.6 is 11.6 Å². The molecule has 1 heterocycles. The molecule has 0 bridgehead atoms. The van der Waals surface area contributed by atoms with Crippen molar-refractivity contribution in [3.8, 4) is 5.75 Å². The van der Waals surface area contributed by atoms with Crippen LogP contribution in [0.3, 0.4) is 0 Å². The van der Waals surface area contributed by atoms with Gasteiger partial charge in [-0.1, -0.05) is 18.5 Å². The molecule has 1 aromatic heterocycles.